The van der Waals surface area contributed by atoms with Crippen molar-refractivity contribution < 1.29 is 9.90 Å². The average Bonchev–Trinajstić information content (AvgIpc) is 2.81. The second-order valence-corrected chi connectivity index (χ2v) is 6.12. The van der Waals surface area contributed by atoms with Gasteiger partial charge in [-0.25, -0.2) is 0 Å². The van der Waals surface area contributed by atoms with E-state index < -0.39 is 0 Å². The topological polar surface area (TPSA) is 40.5 Å². The first-order valence-electron chi connectivity index (χ1n) is 7.37. The number of Topliss-reactive ketones (excluding diaryl/α,β-unsaturated/α-hetero) is 1. The highest BCUT2D eigenvalue weighted by Gasteiger charge is 2.23. The highest BCUT2D eigenvalue weighted by Crippen LogP contribution is 2.26. The van der Waals surface area contributed by atoms with Gasteiger partial charge in [0.25, 0.3) is 0 Å². The molecule has 1 aliphatic rings. The summed E-state index contributed by atoms with van der Waals surface area (Å²) in [5.74, 6) is 0.559. The smallest absolute Gasteiger partial charge is 0.160 e. The van der Waals surface area contributed by atoms with Crippen LogP contribution >= 0.6 is 0 Å². The fraction of sp³-hybridized carbons (Fsp3) is 0.588. The first-order valence-corrected chi connectivity index (χ1v) is 7.37. The number of rotatable bonds is 4. The number of hydrogen-bond donors (Lipinski definition) is 1. The van der Waals surface area contributed by atoms with Gasteiger partial charge in [-0.05, 0) is 68.8 Å². The molecule has 0 radical (unpaired) electrons. The number of hydrogen-bond acceptors (Lipinski definition) is 3. The van der Waals surface area contributed by atoms with Crippen molar-refractivity contribution in [3.05, 3.63) is 33.9 Å². The molecule has 1 saturated heterocycles. The lowest BCUT2D eigenvalue weighted by atomic mass is 9.91. The Hall–Kier alpha value is -1.19. The minimum absolute atomic E-state index is 0.149. The summed E-state index contributed by atoms with van der Waals surface area (Å²) in [6.45, 7) is 11.0. The van der Waals surface area contributed by atoms with E-state index in [9.17, 15) is 9.90 Å². The number of carbonyl (C=O) groups excluding carboxylic acids is 1. The summed E-state index contributed by atoms with van der Waals surface area (Å²) in [6.07, 6.45) is 1.07. The SMILES string of the molecule is CC(=O)c1c(C)cc(C)c(CN2CCC(CO)C2)c1C. The van der Waals surface area contributed by atoms with E-state index in [-0.39, 0.29) is 12.4 Å². The van der Waals surface area contributed by atoms with Gasteiger partial charge in [-0.2, -0.15) is 0 Å². The maximum absolute atomic E-state index is 11.8. The number of aryl methyl sites for hydroxylation is 2. The minimum Gasteiger partial charge on any atom is -0.396 e. The molecule has 1 aromatic carbocycles. The molecule has 0 amide bonds. The molecular weight excluding hydrogens is 250 g/mol. The summed E-state index contributed by atoms with van der Waals surface area (Å²) in [5.41, 5.74) is 5.62. The zero-order valence-corrected chi connectivity index (χ0v) is 13.0. The Morgan fingerprint density at radius 1 is 1.35 bits per heavy atom. The van der Waals surface area contributed by atoms with Crippen molar-refractivity contribution in [2.45, 2.75) is 40.7 Å². The Balaban J connectivity index is 2.28. The summed E-state index contributed by atoms with van der Waals surface area (Å²) in [4.78, 5) is 14.2. The van der Waals surface area contributed by atoms with Gasteiger partial charge in [-0.3, -0.25) is 9.69 Å². The highest BCUT2D eigenvalue weighted by molar-refractivity contribution is 5.97. The summed E-state index contributed by atoms with van der Waals surface area (Å²) >= 11 is 0. The molecule has 1 N–H and O–H groups in total. The standard InChI is InChI=1S/C17H25NO2/c1-11-7-12(2)17(14(4)20)13(3)16(11)9-18-6-5-15(8-18)10-19/h7,15,19H,5-6,8-10H2,1-4H3. The van der Waals surface area contributed by atoms with Crippen LogP contribution in [0.4, 0.5) is 0 Å². The molecule has 1 heterocycles. The van der Waals surface area contributed by atoms with Crippen molar-refractivity contribution in [1.29, 1.82) is 0 Å². The van der Waals surface area contributed by atoms with Crippen LogP contribution in [0.15, 0.2) is 6.07 Å². The number of benzene rings is 1. The van der Waals surface area contributed by atoms with E-state index in [2.05, 4.69) is 24.8 Å². The summed E-state index contributed by atoms with van der Waals surface area (Å²) in [6, 6.07) is 2.12. The molecule has 1 fully saturated rings. The fourth-order valence-electron chi connectivity index (χ4n) is 3.44. The van der Waals surface area contributed by atoms with Crippen molar-refractivity contribution in [2.24, 2.45) is 5.92 Å². The van der Waals surface area contributed by atoms with E-state index in [1.807, 2.05) is 6.92 Å². The third-order valence-corrected chi connectivity index (χ3v) is 4.49. The molecule has 110 valence electrons. The van der Waals surface area contributed by atoms with Gasteiger partial charge < -0.3 is 5.11 Å². The molecular formula is C17H25NO2. The Morgan fingerprint density at radius 3 is 2.60 bits per heavy atom. The van der Waals surface area contributed by atoms with E-state index in [0.717, 1.165) is 42.7 Å². The first-order chi connectivity index (χ1) is 9.43. The monoisotopic (exact) mass is 275 g/mol. The van der Waals surface area contributed by atoms with Crippen LogP contribution in [0.3, 0.4) is 0 Å². The van der Waals surface area contributed by atoms with Crippen LogP contribution < -0.4 is 0 Å². The minimum atomic E-state index is 0.149. The third kappa shape index (κ3) is 2.94. The molecule has 0 spiro atoms. The second kappa shape index (κ2) is 6.06. The largest absolute Gasteiger partial charge is 0.396 e. The summed E-state index contributed by atoms with van der Waals surface area (Å²) < 4.78 is 0. The molecule has 0 bridgehead atoms. The zero-order valence-electron chi connectivity index (χ0n) is 13.0. The molecule has 1 atom stereocenters. The van der Waals surface area contributed by atoms with Gasteiger partial charge in [-0.1, -0.05) is 6.07 Å². The van der Waals surface area contributed by atoms with E-state index in [1.54, 1.807) is 6.92 Å². The number of aliphatic hydroxyl groups is 1. The van der Waals surface area contributed by atoms with Crippen LogP contribution in [0.25, 0.3) is 0 Å². The lowest BCUT2D eigenvalue weighted by molar-refractivity contribution is 0.101. The normalized spacial score (nSPS) is 19.6. The molecule has 0 saturated carbocycles. The molecule has 1 aliphatic heterocycles. The fourth-order valence-corrected chi connectivity index (χ4v) is 3.44. The van der Waals surface area contributed by atoms with Gasteiger partial charge >= 0.3 is 0 Å². The summed E-state index contributed by atoms with van der Waals surface area (Å²) in [7, 11) is 0. The van der Waals surface area contributed by atoms with Crippen molar-refractivity contribution in [1.82, 2.24) is 4.90 Å². The Morgan fingerprint density at radius 2 is 2.05 bits per heavy atom. The maximum atomic E-state index is 11.8. The van der Waals surface area contributed by atoms with Gasteiger partial charge in [0.15, 0.2) is 5.78 Å². The molecule has 3 heteroatoms. The van der Waals surface area contributed by atoms with Gasteiger partial charge in [0.05, 0.1) is 0 Å². The van der Waals surface area contributed by atoms with Crippen molar-refractivity contribution in [3.63, 3.8) is 0 Å². The van der Waals surface area contributed by atoms with Gasteiger partial charge in [0.2, 0.25) is 0 Å². The molecule has 20 heavy (non-hydrogen) atoms. The number of aliphatic hydroxyl groups excluding tert-OH is 1. The van der Waals surface area contributed by atoms with E-state index in [4.69, 9.17) is 0 Å². The lowest BCUT2D eigenvalue weighted by Crippen LogP contribution is -2.22. The van der Waals surface area contributed by atoms with Crippen molar-refractivity contribution in [2.75, 3.05) is 19.7 Å². The predicted molar refractivity (Wildman–Crippen MR) is 81.1 cm³/mol. The van der Waals surface area contributed by atoms with Crippen LogP contribution in [0, 0.1) is 26.7 Å². The molecule has 0 aromatic heterocycles. The molecule has 3 nitrogen and oxygen atoms in total. The van der Waals surface area contributed by atoms with Gasteiger partial charge in [0.1, 0.15) is 0 Å². The Bertz CT molecular complexity index is 522. The van der Waals surface area contributed by atoms with Crippen molar-refractivity contribution >= 4 is 5.78 Å². The maximum Gasteiger partial charge on any atom is 0.160 e. The van der Waals surface area contributed by atoms with E-state index in [0.29, 0.717) is 5.92 Å². The zero-order chi connectivity index (χ0) is 14.9. The molecule has 2 rings (SSSR count). The first kappa shape index (κ1) is 15.2. The van der Waals surface area contributed by atoms with Crippen LogP contribution in [0.5, 0.6) is 0 Å². The number of ketones is 1. The second-order valence-electron chi connectivity index (χ2n) is 6.12. The average molecular weight is 275 g/mol. The molecule has 0 aliphatic carbocycles. The summed E-state index contributed by atoms with van der Waals surface area (Å²) in [5, 5.41) is 9.24. The quantitative estimate of drug-likeness (QED) is 0.859. The molecule has 1 aromatic rings. The van der Waals surface area contributed by atoms with Gasteiger partial charge in [0, 0.05) is 25.3 Å². The predicted octanol–water partition coefficient (Wildman–Crippen LogP) is 2.63. The van der Waals surface area contributed by atoms with Crippen LogP contribution in [-0.2, 0) is 6.54 Å². The van der Waals surface area contributed by atoms with Crippen molar-refractivity contribution in [3.8, 4) is 0 Å². The number of likely N-dealkylation sites (tertiary alicyclic amines) is 1. The van der Waals surface area contributed by atoms with Crippen LogP contribution in [0.2, 0.25) is 0 Å². The highest BCUT2D eigenvalue weighted by atomic mass is 16.3. The van der Waals surface area contributed by atoms with E-state index in [1.165, 1.54) is 11.1 Å². The molecule has 1 unspecified atom stereocenters. The third-order valence-electron chi connectivity index (χ3n) is 4.49. The van der Waals surface area contributed by atoms with Crippen LogP contribution in [0.1, 0.15) is 46.0 Å². The van der Waals surface area contributed by atoms with Gasteiger partial charge in [-0.15, -0.1) is 0 Å². The number of nitrogens with zero attached hydrogens (tertiary/aromatic N) is 1. The lowest BCUT2D eigenvalue weighted by Gasteiger charge is -2.21. The Kier molecular flexibility index (Phi) is 4.61. The van der Waals surface area contributed by atoms with Crippen LogP contribution in [-0.4, -0.2) is 35.5 Å². The van der Waals surface area contributed by atoms with E-state index >= 15 is 0 Å². The Labute approximate surface area is 121 Å². The number of carbonyl (C=O) groups is 1.